The number of morpholine rings is 1. The molecule has 1 saturated heterocycles. The van der Waals surface area contributed by atoms with Gasteiger partial charge >= 0.3 is 0 Å². The molecule has 2 heterocycles. The molecule has 0 N–H and O–H groups in total. The molecule has 1 aliphatic rings. The molecule has 0 spiro atoms. The summed E-state index contributed by atoms with van der Waals surface area (Å²) in [6.45, 7) is 6.07. The Bertz CT molecular complexity index is 1410. The van der Waals surface area contributed by atoms with Gasteiger partial charge < -0.3 is 14.4 Å². The van der Waals surface area contributed by atoms with Crippen LogP contribution in [-0.4, -0.2) is 48.3 Å². The van der Waals surface area contributed by atoms with E-state index in [0.717, 1.165) is 22.5 Å². The van der Waals surface area contributed by atoms with Gasteiger partial charge in [0.15, 0.2) is 5.57 Å². The maximum Gasteiger partial charge on any atom is 0.273 e. The summed E-state index contributed by atoms with van der Waals surface area (Å²) in [5.74, 6) is 0.283. The summed E-state index contributed by atoms with van der Waals surface area (Å²) in [4.78, 5) is 28.4. The second-order valence-corrected chi connectivity index (χ2v) is 8.82. The standard InChI is InChI=1S/C26H25N3O4S/c1-3-33-21-9-7-20(8-10-21)29-25(31)23(16-19-6-4-5-18(2)15-19)34-26(29)22(17-27)24(30)28-11-13-32-14-12-28/h4-10,15-16H,3,11-14H2,1-2H3/b23-16+,26-22-. The van der Waals surface area contributed by atoms with Crippen molar-refractivity contribution in [1.82, 2.24) is 9.47 Å². The van der Waals surface area contributed by atoms with Crippen LogP contribution in [-0.2, 0) is 9.53 Å². The van der Waals surface area contributed by atoms with Crippen LogP contribution in [0, 0.1) is 18.3 Å². The summed E-state index contributed by atoms with van der Waals surface area (Å²) in [6.07, 6.45) is 1.79. The maximum atomic E-state index is 13.6. The molecule has 4 rings (SSSR count). The van der Waals surface area contributed by atoms with E-state index < -0.39 is 5.91 Å². The highest BCUT2D eigenvalue weighted by atomic mass is 32.1. The fourth-order valence-electron chi connectivity index (χ4n) is 3.77. The van der Waals surface area contributed by atoms with Gasteiger partial charge in [-0.25, -0.2) is 0 Å². The van der Waals surface area contributed by atoms with Gasteiger partial charge in [-0.15, -0.1) is 11.3 Å². The quantitative estimate of drug-likeness (QED) is 0.563. The van der Waals surface area contributed by atoms with E-state index in [1.54, 1.807) is 35.2 Å². The van der Waals surface area contributed by atoms with Crippen molar-refractivity contribution in [3.63, 3.8) is 0 Å². The Morgan fingerprint density at radius 2 is 1.94 bits per heavy atom. The normalized spacial score (nSPS) is 15.1. The predicted octanol–water partition coefficient (Wildman–Crippen LogP) is 1.97. The van der Waals surface area contributed by atoms with Crippen LogP contribution >= 0.6 is 11.3 Å². The number of amides is 1. The summed E-state index contributed by atoms with van der Waals surface area (Å²) in [6, 6.07) is 16.9. The van der Waals surface area contributed by atoms with Crippen molar-refractivity contribution in [2.75, 3.05) is 32.9 Å². The third-order valence-electron chi connectivity index (χ3n) is 5.41. The molecule has 8 heteroatoms. The van der Waals surface area contributed by atoms with Crippen molar-refractivity contribution in [2.24, 2.45) is 0 Å². The third-order valence-corrected chi connectivity index (χ3v) is 6.50. The molecule has 1 amide bonds. The molecule has 174 valence electrons. The average Bonchev–Trinajstić information content (AvgIpc) is 3.16. The second kappa shape index (κ2) is 10.5. The molecule has 2 aromatic carbocycles. The van der Waals surface area contributed by atoms with Crippen LogP contribution in [0.1, 0.15) is 18.1 Å². The Hall–Kier alpha value is -3.67. The summed E-state index contributed by atoms with van der Waals surface area (Å²) >= 11 is 1.15. The lowest BCUT2D eigenvalue weighted by Gasteiger charge is -2.26. The number of rotatable bonds is 5. The number of nitrogens with zero attached hydrogens (tertiary/aromatic N) is 3. The van der Waals surface area contributed by atoms with E-state index in [-0.39, 0.29) is 11.1 Å². The van der Waals surface area contributed by atoms with E-state index in [0.29, 0.717) is 53.5 Å². The van der Waals surface area contributed by atoms with Gasteiger partial charge in [-0.05, 0) is 49.8 Å². The summed E-state index contributed by atoms with van der Waals surface area (Å²) in [7, 11) is 0. The fraction of sp³-hybridized carbons (Fsp3) is 0.269. The van der Waals surface area contributed by atoms with E-state index in [1.165, 1.54) is 4.57 Å². The molecule has 0 unspecified atom stereocenters. The minimum atomic E-state index is -0.395. The van der Waals surface area contributed by atoms with E-state index >= 15 is 0 Å². The first-order valence-corrected chi connectivity index (χ1v) is 11.9. The number of ether oxygens (including phenoxy) is 2. The molecule has 1 aromatic heterocycles. The average molecular weight is 476 g/mol. The first kappa shape index (κ1) is 23.5. The molecule has 34 heavy (non-hydrogen) atoms. The fourth-order valence-corrected chi connectivity index (χ4v) is 4.86. The van der Waals surface area contributed by atoms with Crippen LogP contribution < -0.4 is 19.5 Å². The number of benzene rings is 2. The van der Waals surface area contributed by atoms with Gasteiger partial charge in [-0.2, -0.15) is 5.26 Å². The summed E-state index contributed by atoms with van der Waals surface area (Å²) < 4.78 is 13.1. The number of aryl methyl sites for hydroxylation is 1. The maximum absolute atomic E-state index is 13.6. The number of thiazole rings is 1. The highest BCUT2D eigenvalue weighted by Crippen LogP contribution is 2.14. The number of carbonyl (C=O) groups excluding carboxylic acids is 1. The zero-order chi connectivity index (χ0) is 24.1. The minimum Gasteiger partial charge on any atom is -0.494 e. The van der Waals surface area contributed by atoms with Gasteiger partial charge in [0.1, 0.15) is 16.5 Å². The largest absolute Gasteiger partial charge is 0.494 e. The topological polar surface area (TPSA) is 84.6 Å². The van der Waals surface area contributed by atoms with Gasteiger partial charge in [-0.1, -0.05) is 29.8 Å². The van der Waals surface area contributed by atoms with Crippen LogP contribution in [0.15, 0.2) is 53.3 Å². The van der Waals surface area contributed by atoms with Crippen molar-refractivity contribution >= 4 is 28.9 Å². The highest BCUT2D eigenvalue weighted by Gasteiger charge is 2.24. The minimum absolute atomic E-state index is 0.0539. The van der Waals surface area contributed by atoms with Gasteiger partial charge in [0.2, 0.25) is 0 Å². The van der Waals surface area contributed by atoms with Crippen molar-refractivity contribution < 1.29 is 14.3 Å². The molecule has 1 aliphatic heterocycles. The van der Waals surface area contributed by atoms with Crippen molar-refractivity contribution in [3.05, 3.63) is 79.2 Å². The lowest BCUT2D eigenvalue weighted by Crippen LogP contribution is -2.42. The highest BCUT2D eigenvalue weighted by molar-refractivity contribution is 7.07. The molecule has 0 aliphatic carbocycles. The Kier molecular flexibility index (Phi) is 7.26. The first-order valence-electron chi connectivity index (χ1n) is 11.1. The van der Waals surface area contributed by atoms with Crippen LogP contribution in [0.5, 0.6) is 5.75 Å². The number of hydrogen-bond donors (Lipinski definition) is 0. The van der Waals surface area contributed by atoms with E-state index in [1.807, 2.05) is 38.1 Å². The number of aromatic nitrogens is 1. The van der Waals surface area contributed by atoms with E-state index in [2.05, 4.69) is 6.07 Å². The molecule has 0 bridgehead atoms. The summed E-state index contributed by atoms with van der Waals surface area (Å²) in [5, 5.41) is 9.99. The van der Waals surface area contributed by atoms with E-state index in [9.17, 15) is 14.9 Å². The lowest BCUT2D eigenvalue weighted by molar-refractivity contribution is -0.128. The Morgan fingerprint density at radius 1 is 1.21 bits per heavy atom. The number of nitriles is 1. The Morgan fingerprint density at radius 3 is 2.59 bits per heavy atom. The van der Waals surface area contributed by atoms with Crippen LogP contribution in [0.2, 0.25) is 0 Å². The van der Waals surface area contributed by atoms with Gasteiger partial charge in [-0.3, -0.25) is 14.2 Å². The summed E-state index contributed by atoms with van der Waals surface area (Å²) in [5.41, 5.74) is 2.17. The van der Waals surface area contributed by atoms with Gasteiger partial charge in [0.05, 0.1) is 30.0 Å². The van der Waals surface area contributed by atoms with Crippen molar-refractivity contribution in [2.45, 2.75) is 13.8 Å². The monoisotopic (exact) mass is 475 g/mol. The predicted molar refractivity (Wildman–Crippen MR) is 132 cm³/mol. The molecule has 0 radical (unpaired) electrons. The second-order valence-electron chi connectivity index (χ2n) is 7.79. The molecule has 0 saturated carbocycles. The van der Waals surface area contributed by atoms with Crippen LogP contribution in [0.3, 0.4) is 0 Å². The molecule has 0 atom stereocenters. The lowest BCUT2D eigenvalue weighted by atomic mass is 10.1. The van der Waals surface area contributed by atoms with Gasteiger partial charge in [0.25, 0.3) is 11.5 Å². The van der Waals surface area contributed by atoms with Crippen molar-refractivity contribution in [3.8, 4) is 17.5 Å². The van der Waals surface area contributed by atoms with Crippen molar-refractivity contribution in [1.29, 1.82) is 5.26 Å². The molecule has 3 aromatic rings. The SMILES string of the molecule is CCOc1ccc(-n2c(=O)/c(=C\c3cccc(C)c3)s/c2=C(/C#N)C(=O)N2CCOCC2)cc1. The van der Waals surface area contributed by atoms with Crippen LogP contribution in [0.4, 0.5) is 0 Å². The van der Waals surface area contributed by atoms with E-state index in [4.69, 9.17) is 9.47 Å². The third kappa shape index (κ3) is 4.96. The Labute approximate surface area is 201 Å². The molecular weight excluding hydrogens is 450 g/mol. The smallest absolute Gasteiger partial charge is 0.273 e. The molecular formula is C26H25N3O4S. The number of hydrogen-bond acceptors (Lipinski definition) is 6. The van der Waals surface area contributed by atoms with Gasteiger partial charge in [0, 0.05) is 13.1 Å². The zero-order valence-electron chi connectivity index (χ0n) is 19.1. The number of carbonyl (C=O) groups is 1. The first-order chi connectivity index (χ1) is 16.5. The van der Waals surface area contributed by atoms with Crippen LogP contribution in [0.25, 0.3) is 17.3 Å². The zero-order valence-corrected chi connectivity index (χ0v) is 19.9. The Balaban J connectivity index is 1.95. The molecule has 7 nitrogen and oxygen atoms in total. The molecule has 1 fully saturated rings.